The van der Waals surface area contributed by atoms with Crippen molar-refractivity contribution in [1.29, 1.82) is 0 Å². The first-order valence-corrected chi connectivity index (χ1v) is 9.71. The summed E-state index contributed by atoms with van der Waals surface area (Å²) in [5, 5.41) is 0. The van der Waals surface area contributed by atoms with E-state index in [4.69, 9.17) is 15.2 Å². The lowest BCUT2D eigenvalue weighted by molar-refractivity contribution is 0.413. The highest BCUT2D eigenvalue weighted by Crippen LogP contribution is 2.24. The summed E-state index contributed by atoms with van der Waals surface area (Å²) >= 11 is 0. The zero-order valence-corrected chi connectivity index (χ0v) is 15.6. The number of anilines is 1. The number of benzene rings is 3. The molecule has 0 aliphatic rings. The van der Waals surface area contributed by atoms with Crippen molar-refractivity contribution in [3.05, 3.63) is 78.4 Å². The zero-order valence-electron chi connectivity index (χ0n) is 14.8. The Morgan fingerprint density at radius 1 is 0.815 bits per heavy atom. The fraction of sp³-hybridized carbons (Fsp3) is 0.100. The monoisotopic (exact) mass is 384 g/mol. The van der Waals surface area contributed by atoms with E-state index >= 15 is 0 Å². The Morgan fingerprint density at radius 3 is 1.89 bits per heavy atom. The van der Waals surface area contributed by atoms with Crippen molar-refractivity contribution < 1.29 is 17.9 Å². The van der Waals surface area contributed by atoms with Crippen LogP contribution in [-0.4, -0.2) is 15.5 Å². The van der Waals surface area contributed by atoms with Crippen molar-refractivity contribution in [3.8, 4) is 17.2 Å². The fourth-order valence-corrected chi connectivity index (χ4v) is 3.38. The highest BCUT2D eigenvalue weighted by molar-refractivity contribution is 7.89. The van der Waals surface area contributed by atoms with Gasteiger partial charge in [-0.1, -0.05) is 12.1 Å². The second kappa shape index (κ2) is 8.11. The molecule has 0 spiro atoms. The standard InChI is InChI=1S/C20H20N2O4S/c1-25-17-8-10-19(11-9-17)26-18-6-2-15(3-7-18)14-22-27(23,24)20-12-4-16(21)5-13-20/h2-13,22H,14,21H2,1H3. The van der Waals surface area contributed by atoms with E-state index in [2.05, 4.69) is 4.72 Å². The van der Waals surface area contributed by atoms with E-state index in [1.54, 1.807) is 31.4 Å². The van der Waals surface area contributed by atoms with Crippen molar-refractivity contribution in [3.63, 3.8) is 0 Å². The maximum absolute atomic E-state index is 12.3. The molecule has 3 aromatic carbocycles. The third-order valence-corrected chi connectivity index (χ3v) is 5.29. The molecule has 0 atom stereocenters. The predicted molar refractivity (Wildman–Crippen MR) is 104 cm³/mol. The number of ether oxygens (including phenoxy) is 2. The molecule has 0 heterocycles. The maximum Gasteiger partial charge on any atom is 0.240 e. The Kier molecular flexibility index (Phi) is 5.63. The van der Waals surface area contributed by atoms with Crippen LogP contribution in [0.1, 0.15) is 5.56 Å². The first-order valence-electron chi connectivity index (χ1n) is 8.22. The first kappa shape index (κ1) is 18.8. The third kappa shape index (κ3) is 4.99. The van der Waals surface area contributed by atoms with Gasteiger partial charge in [0.25, 0.3) is 0 Å². The quantitative estimate of drug-likeness (QED) is 0.608. The molecule has 0 aromatic heterocycles. The topological polar surface area (TPSA) is 90.6 Å². The van der Waals surface area contributed by atoms with Gasteiger partial charge in [0.1, 0.15) is 17.2 Å². The molecule has 0 amide bonds. The van der Waals surface area contributed by atoms with E-state index in [0.29, 0.717) is 17.2 Å². The highest BCUT2D eigenvalue weighted by atomic mass is 32.2. The molecule has 0 radical (unpaired) electrons. The van der Waals surface area contributed by atoms with Crippen LogP contribution in [0.25, 0.3) is 0 Å². The molecule has 0 aliphatic carbocycles. The van der Waals surface area contributed by atoms with Gasteiger partial charge in [-0.2, -0.15) is 0 Å². The zero-order chi connectivity index (χ0) is 19.3. The molecule has 3 rings (SSSR count). The van der Waals surface area contributed by atoms with Crippen molar-refractivity contribution in [2.45, 2.75) is 11.4 Å². The predicted octanol–water partition coefficient (Wildman–Crippen LogP) is 3.55. The van der Waals surface area contributed by atoms with Crippen LogP contribution in [0.3, 0.4) is 0 Å². The minimum atomic E-state index is -3.59. The number of hydrogen-bond acceptors (Lipinski definition) is 5. The van der Waals surface area contributed by atoms with E-state index < -0.39 is 10.0 Å². The van der Waals surface area contributed by atoms with Crippen LogP contribution >= 0.6 is 0 Å². The number of sulfonamides is 1. The number of nitrogen functional groups attached to an aromatic ring is 1. The van der Waals surface area contributed by atoms with Crippen LogP contribution in [0.5, 0.6) is 17.2 Å². The molecular weight excluding hydrogens is 364 g/mol. The summed E-state index contributed by atoms with van der Waals surface area (Å²) in [6, 6.07) is 20.5. The van der Waals surface area contributed by atoms with Crippen LogP contribution in [0.15, 0.2) is 77.7 Å². The minimum absolute atomic E-state index is 0.176. The van der Waals surface area contributed by atoms with E-state index in [0.717, 1.165) is 11.3 Å². The van der Waals surface area contributed by atoms with Crippen LogP contribution in [-0.2, 0) is 16.6 Å². The van der Waals surface area contributed by atoms with Crippen molar-refractivity contribution in [2.75, 3.05) is 12.8 Å². The molecule has 3 aromatic rings. The number of nitrogens with two attached hydrogens (primary N) is 1. The Hall–Kier alpha value is -3.03. The highest BCUT2D eigenvalue weighted by Gasteiger charge is 2.13. The molecule has 140 valence electrons. The molecule has 27 heavy (non-hydrogen) atoms. The normalized spacial score (nSPS) is 11.1. The van der Waals surface area contributed by atoms with Crippen LogP contribution in [0, 0.1) is 0 Å². The first-order chi connectivity index (χ1) is 13.0. The summed E-state index contributed by atoms with van der Waals surface area (Å²) in [6.45, 7) is 0.176. The van der Waals surface area contributed by atoms with Gasteiger partial charge in [-0.15, -0.1) is 0 Å². The molecule has 0 bridgehead atoms. The maximum atomic E-state index is 12.3. The molecule has 0 fully saturated rings. The molecule has 7 heteroatoms. The van der Waals surface area contributed by atoms with Gasteiger partial charge in [0.15, 0.2) is 0 Å². The SMILES string of the molecule is COc1ccc(Oc2ccc(CNS(=O)(=O)c3ccc(N)cc3)cc2)cc1. The summed E-state index contributed by atoms with van der Waals surface area (Å²) in [6.07, 6.45) is 0. The van der Waals surface area contributed by atoms with Crippen LogP contribution in [0.4, 0.5) is 5.69 Å². The van der Waals surface area contributed by atoms with Crippen molar-refractivity contribution in [2.24, 2.45) is 0 Å². The van der Waals surface area contributed by atoms with Gasteiger partial charge in [-0.25, -0.2) is 13.1 Å². The Balaban J connectivity index is 1.60. The van der Waals surface area contributed by atoms with Gasteiger partial charge < -0.3 is 15.2 Å². The fourth-order valence-electron chi connectivity index (χ4n) is 2.36. The molecule has 3 N–H and O–H groups in total. The second-order valence-electron chi connectivity index (χ2n) is 5.82. The Bertz CT molecular complexity index is 984. The number of hydrogen-bond donors (Lipinski definition) is 2. The number of rotatable bonds is 7. The Morgan fingerprint density at radius 2 is 1.33 bits per heavy atom. The average Bonchev–Trinajstić information content (AvgIpc) is 2.68. The van der Waals surface area contributed by atoms with Crippen LogP contribution in [0.2, 0.25) is 0 Å². The summed E-state index contributed by atoms with van der Waals surface area (Å²) in [7, 11) is -1.98. The van der Waals surface area contributed by atoms with E-state index in [1.807, 2.05) is 36.4 Å². The lowest BCUT2D eigenvalue weighted by Gasteiger charge is -2.09. The largest absolute Gasteiger partial charge is 0.497 e. The molecule has 0 saturated carbocycles. The van der Waals surface area contributed by atoms with Gasteiger partial charge in [0, 0.05) is 12.2 Å². The van der Waals surface area contributed by atoms with E-state index in [9.17, 15) is 8.42 Å². The molecule has 0 saturated heterocycles. The lowest BCUT2D eigenvalue weighted by Crippen LogP contribution is -2.23. The smallest absolute Gasteiger partial charge is 0.240 e. The van der Waals surface area contributed by atoms with Gasteiger partial charge >= 0.3 is 0 Å². The second-order valence-corrected chi connectivity index (χ2v) is 7.58. The van der Waals surface area contributed by atoms with Crippen molar-refractivity contribution in [1.82, 2.24) is 4.72 Å². The van der Waals surface area contributed by atoms with Crippen LogP contribution < -0.4 is 19.9 Å². The van der Waals surface area contributed by atoms with Gasteiger partial charge in [0.2, 0.25) is 10.0 Å². The lowest BCUT2D eigenvalue weighted by atomic mass is 10.2. The number of methoxy groups -OCH3 is 1. The van der Waals surface area contributed by atoms with E-state index in [-0.39, 0.29) is 11.4 Å². The molecule has 0 unspecified atom stereocenters. The number of nitrogens with one attached hydrogen (secondary N) is 1. The van der Waals surface area contributed by atoms with Gasteiger partial charge in [0.05, 0.1) is 12.0 Å². The van der Waals surface area contributed by atoms with Crippen molar-refractivity contribution >= 4 is 15.7 Å². The summed E-state index contributed by atoms with van der Waals surface area (Å²) in [4.78, 5) is 0.177. The molecule has 0 aliphatic heterocycles. The average molecular weight is 384 g/mol. The molecule has 6 nitrogen and oxygen atoms in total. The Labute approximate surface area is 158 Å². The summed E-state index contributed by atoms with van der Waals surface area (Å²) < 4.78 is 38.0. The van der Waals surface area contributed by atoms with Gasteiger partial charge in [-0.05, 0) is 66.2 Å². The summed E-state index contributed by atoms with van der Waals surface area (Å²) in [5.74, 6) is 2.10. The minimum Gasteiger partial charge on any atom is -0.497 e. The van der Waals surface area contributed by atoms with Gasteiger partial charge in [-0.3, -0.25) is 0 Å². The molecular formula is C20H20N2O4S. The summed E-state index contributed by atoms with van der Waals surface area (Å²) in [5.41, 5.74) is 6.92. The van der Waals surface area contributed by atoms with E-state index in [1.165, 1.54) is 12.1 Å². The third-order valence-electron chi connectivity index (χ3n) is 3.88.